The monoisotopic (exact) mass is 852 g/mol. The van der Waals surface area contributed by atoms with Gasteiger partial charge in [-0.05, 0) is 117 Å². The molecule has 4 aliphatic heterocycles. The number of carbonyl (C=O) groups is 3. The fourth-order valence-electron chi connectivity index (χ4n) is 11.1. The summed E-state index contributed by atoms with van der Waals surface area (Å²) in [5.41, 5.74) is 13.8. The molecule has 0 spiro atoms. The predicted molar refractivity (Wildman–Crippen MR) is 241 cm³/mol. The number of ether oxygens (including phenoxy) is 1. The molecule has 10 rings (SSSR count). The quantitative estimate of drug-likeness (QED) is 0.161. The van der Waals surface area contributed by atoms with Crippen LogP contribution in [0.3, 0.4) is 0 Å². The van der Waals surface area contributed by atoms with Gasteiger partial charge in [-0.1, -0.05) is 18.2 Å². The molecule has 15 heteroatoms. The largest absolute Gasteiger partial charge is 0.507 e. The molecular formula is C48H56N10O5. The van der Waals surface area contributed by atoms with Gasteiger partial charge in [0.2, 0.25) is 5.91 Å². The van der Waals surface area contributed by atoms with Crippen LogP contribution in [0.4, 0.5) is 22.0 Å². The Balaban J connectivity index is 0.754. The summed E-state index contributed by atoms with van der Waals surface area (Å²) in [6, 6.07) is 17.0. The number of anilines is 3. The van der Waals surface area contributed by atoms with Crippen LogP contribution in [0.2, 0.25) is 0 Å². The molecule has 2 aromatic carbocycles. The van der Waals surface area contributed by atoms with Gasteiger partial charge in [0, 0.05) is 87.5 Å². The summed E-state index contributed by atoms with van der Waals surface area (Å²) in [5.74, 6) is 1.92. The fourth-order valence-corrected chi connectivity index (χ4v) is 11.1. The normalized spacial score (nSPS) is 24.6. The smallest absolute Gasteiger partial charge is 0.328 e. The molecule has 15 nitrogen and oxygen atoms in total. The maximum absolute atomic E-state index is 14.1. The minimum atomic E-state index is -0.396. The second-order valence-electron chi connectivity index (χ2n) is 18.5. The van der Waals surface area contributed by atoms with Crippen LogP contribution in [-0.2, 0) is 9.53 Å². The van der Waals surface area contributed by atoms with Crippen molar-refractivity contribution in [3.8, 4) is 17.0 Å². The number of hydrogen-bond donors (Lipinski definition) is 3. The SMILES string of the molecule is Cc1cc(C(=O)N2C[C@H]3CC[C@@H](C2)C3CN2CCC(n3cc(C)c4cc(N5CCC(=O)NC5=O)cnc43)CC2)ccc1[C@@H]1CN(c2cc(-c3ccccc3O)nnc2N)C[C@H](C)O1. The average Bonchev–Trinajstić information content (AvgIpc) is 3.71. The van der Waals surface area contributed by atoms with Gasteiger partial charge >= 0.3 is 6.03 Å². The van der Waals surface area contributed by atoms with E-state index in [9.17, 15) is 19.5 Å². The molecule has 5 fully saturated rings. The van der Waals surface area contributed by atoms with Crippen LogP contribution in [0.5, 0.6) is 5.75 Å². The van der Waals surface area contributed by atoms with Gasteiger partial charge in [0.15, 0.2) is 5.82 Å². The number of fused-ring (bicyclic) bond motifs is 3. The molecule has 5 aliphatic rings. The van der Waals surface area contributed by atoms with Gasteiger partial charge in [-0.25, -0.2) is 9.78 Å². The van der Waals surface area contributed by atoms with Crippen molar-refractivity contribution >= 4 is 46.1 Å². The number of piperidine rings is 2. The molecule has 4 N–H and O–H groups in total. The van der Waals surface area contributed by atoms with E-state index in [0.717, 1.165) is 84.5 Å². The molecule has 2 bridgehead atoms. The lowest BCUT2D eigenvalue weighted by atomic mass is 9.83. The van der Waals surface area contributed by atoms with Crippen LogP contribution < -0.4 is 20.9 Å². The van der Waals surface area contributed by atoms with Crippen molar-refractivity contribution in [2.45, 2.75) is 71.1 Å². The molecule has 63 heavy (non-hydrogen) atoms. The van der Waals surface area contributed by atoms with Crippen molar-refractivity contribution in [3.05, 3.63) is 89.2 Å². The molecule has 5 atom stereocenters. The first-order chi connectivity index (χ1) is 30.5. The highest BCUT2D eigenvalue weighted by atomic mass is 16.5. The zero-order chi connectivity index (χ0) is 43.5. The lowest BCUT2D eigenvalue weighted by Gasteiger charge is -2.42. The van der Waals surface area contributed by atoms with Gasteiger partial charge in [0.1, 0.15) is 17.5 Å². The van der Waals surface area contributed by atoms with E-state index in [4.69, 9.17) is 15.5 Å². The molecule has 1 saturated carbocycles. The van der Waals surface area contributed by atoms with Gasteiger partial charge in [0.05, 0.1) is 29.4 Å². The number of nitrogens with zero attached hydrogens (tertiary/aromatic N) is 8. The number of aromatic nitrogens is 4. The highest BCUT2D eigenvalue weighted by molar-refractivity contribution is 6.06. The highest BCUT2D eigenvalue weighted by Crippen LogP contribution is 2.44. The summed E-state index contributed by atoms with van der Waals surface area (Å²) >= 11 is 0. The third-order valence-corrected chi connectivity index (χ3v) is 14.4. The number of nitrogen functional groups attached to an aromatic ring is 1. The van der Waals surface area contributed by atoms with Crippen LogP contribution in [0, 0.1) is 31.6 Å². The fraction of sp³-hybridized carbons (Fsp3) is 0.458. The van der Waals surface area contributed by atoms with Gasteiger partial charge in [0.25, 0.3) is 5.91 Å². The minimum Gasteiger partial charge on any atom is -0.507 e. The number of rotatable bonds is 8. The number of aryl methyl sites for hydroxylation is 2. The molecule has 3 aromatic heterocycles. The van der Waals surface area contributed by atoms with Crippen molar-refractivity contribution in [1.82, 2.24) is 34.9 Å². The summed E-state index contributed by atoms with van der Waals surface area (Å²) in [7, 11) is 0. The summed E-state index contributed by atoms with van der Waals surface area (Å²) < 4.78 is 8.83. The van der Waals surface area contributed by atoms with Gasteiger partial charge < -0.3 is 34.8 Å². The standard InChI is InChI=1S/C48H56N10O5/c1-28-18-31(10-11-36(28)43-27-55(23-30(3)63-43)41-20-40(52-53-45(41)49)37-6-4-5-7-42(37)59)47(61)56-24-32-8-9-33(25-56)39(32)26-54-15-12-34(13-16-54)58-22-29(2)38-19-35(21-50-46(38)58)57-17-14-44(60)51-48(57)62/h4-7,10-11,18-22,30,32-34,39,43,59H,8-9,12-17,23-27H2,1-3H3,(H2,49,53)(H,51,60,62)/t30-,32-,33+,39?,43-/m0/s1. The van der Waals surface area contributed by atoms with Crippen molar-refractivity contribution in [2.75, 3.05) is 67.9 Å². The number of aromatic hydroxyl groups is 1. The number of nitrogens with two attached hydrogens (primary N) is 1. The van der Waals surface area contributed by atoms with Crippen LogP contribution in [0.25, 0.3) is 22.3 Å². The Hall–Kier alpha value is -6.06. The molecule has 1 aliphatic carbocycles. The highest BCUT2D eigenvalue weighted by Gasteiger charge is 2.44. The number of phenols is 1. The van der Waals surface area contributed by atoms with E-state index < -0.39 is 6.03 Å². The Morgan fingerprint density at radius 1 is 0.921 bits per heavy atom. The third kappa shape index (κ3) is 7.86. The van der Waals surface area contributed by atoms with Crippen LogP contribution in [-0.4, -0.2) is 111 Å². The number of carbonyl (C=O) groups excluding carboxylic acids is 3. The van der Waals surface area contributed by atoms with Crippen molar-refractivity contribution in [3.63, 3.8) is 0 Å². The predicted octanol–water partition coefficient (Wildman–Crippen LogP) is 6.25. The Morgan fingerprint density at radius 2 is 1.70 bits per heavy atom. The second kappa shape index (κ2) is 16.6. The topological polar surface area (TPSA) is 175 Å². The Morgan fingerprint density at radius 3 is 2.44 bits per heavy atom. The molecule has 4 amide bonds. The Kier molecular flexibility index (Phi) is 10.8. The second-order valence-corrected chi connectivity index (χ2v) is 18.5. The lowest BCUT2D eigenvalue weighted by molar-refractivity contribution is -0.120. The van der Waals surface area contributed by atoms with Crippen LogP contribution in [0.1, 0.15) is 78.2 Å². The maximum atomic E-state index is 14.1. The van der Waals surface area contributed by atoms with Gasteiger partial charge in [-0.3, -0.25) is 19.8 Å². The van der Waals surface area contributed by atoms with Gasteiger partial charge in [-0.2, -0.15) is 0 Å². The number of likely N-dealkylation sites (tertiary alicyclic amines) is 2. The zero-order valence-corrected chi connectivity index (χ0v) is 36.2. The third-order valence-electron chi connectivity index (χ3n) is 14.4. The van der Waals surface area contributed by atoms with E-state index in [1.165, 1.54) is 12.8 Å². The first-order valence-electron chi connectivity index (χ1n) is 22.5. The van der Waals surface area contributed by atoms with Crippen LogP contribution >= 0.6 is 0 Å². The number of amides is 4. The number of para-hydroxylation sites is 1. The molecule has 1 unspecified atom stereocenters. The number of nitrogens with one attached hydrogen (secondary N) is 1. The van der Waals surface area contributed by atoms with Gasteiger partial charge in [-0.15, -0.1) is 10.2 Å². The molecule has 328 valence electrons. The number of phenolic OH excluding ortho intramolecular Hbond substituents is 1. The minimum absolute atomic E-state index is 0.0857. The summed E-state index contributed by atoms with van der Waals surface area (Å²) in [5, 5.41) is 22.4. The van der Waals surface area contributed by atoms with E-state index in [2.05, 4.69) is 60.9 Å². The number of imide groups is 1. The van der Waals surface area contributed by atoms with Crippen molar-refractivity contribution in [2.24, 2.45) is 17.8 Å². The molecule has 4 saturated heterocycles. The molecule has 0 radical (unpaired) electrons. The van der Waals surface area contributed by atoms with E-state index in [0.29, 0.717) is 66.2 Å². The number of morpholine rings is 1. The zero-order valence-electron chi connectivity index (χ0n) is 36.2. The number of benzene rings is 2. The summed E-state index contributed by atoms with van der Waals surface area (Å²) in [6.07, 6.45) is 8.35. The van der Waals surface area contributed by atoms with E-state index >= 15 is 0 Å². The molecular weight excluding hydrogens is 797 g/mol. The molecule has 5 aromatic rings. The number of urea groups is 1. The summed E-state index contributed by atoms with van der Waals surface area (Å²) in [6.45, 7) is 12.5. The summed E-state index contributed by atoms with van der Waals surface area (Å²) in [4.78, 5) is 51.7. The average molecular weight is 853 g/mol. The van der Waals surface area contributed by atoms with E-state index in [1.807, 2.05) is 43.3 Å². The van der Waals surface area contributed by atoms with Crippen molar-refractivity contribution in [1.29, 1.82) is 0 Å². The Bertz CT molecular complexity index is 2570. The Labute approximate surface area is 367 Å². The lowest BCUT2D eigenvalue weighted by Crippen LogP contribution is -2.49. The number of pyridine rings is 1. The molecule has 7 heterocycles. The van der Waals surface area contributed by atoms with E-state index in [-0.39, 0.29) is 36.2 Å². The van der Waals surface area contributed by atoms with Crippen molar-refractivity contribution < 1.29 is 24.2 Å². The first-order valence-corrected chi connectivity index (χ1v) is 22.5. The number of hydrogen-bond acceptors (Lipinski definition) is 11. The maximum Gasteiger partial charge on any atom is 0.328 e. The first kappa shape index (κ1) is 41.0. The van der Waals surface area contributed by atoms with E-state index in [1.54, 1.807) is 23.2 Å². The van der Waals surface area contributed by atoms with Crippen LogP contribution in [0.15, 0.2) is 67.0 Å².